The average Bonchev–Trinajstić information content (AvgIpc) is 2.89. The molecule has 1 aromatic carbocycles. The Morgan fingerprint density at radius 1 is 1.36 bits per heavy atom. The predicted octanol–water partition coefficient (Wildman–Crippen LogP) is 1.42. The molecule has 0 aliphatic rings. The summed E-state index contributed by atoms with van der Waals surface area (Å²) < 4.78 is 39.4. The Bertz CT molecular complexity index is 804. The Balaban J connectivity index is 2.08. The molecule has 10 heteroatoms. The summed E-state index contributed by atoms with van der Waals surface area (Å²) in [6.45, 7) is 2.88. The van der Waals surface area contributed by atoms with Crippen LogP contribution in [0.1, 0.15) is 18.1 Å². The van der Waals surface area contributed by atoms with Crippen LogP contribution < -0.4 is 10.0 Å². The fraction of sp³-hybridized carbons (Fsp3) is 0.250. The maximum absolute atomic E-state index is 13.2. The lowest BCUT2D eigenvalue weighted by Gasteiger charge is -2.05. The van der Waals surface area contributed by atoms with Gasteiger partial charge in [-0.05, 0) is 24.1 Å². The molecule has 0 fully saturated rings. The molecular weight excluding hydrogens is 331 g/mol. The van der Waals surface area contributed by atoms with E-state index >= 15 is 0 Å². The van der Waals surface area contributed by atoms with Crippen molar-refractivity contribution in [3.63, 3.8) is 0 Å². The summed E-state index contributed by atoms with van der Waals surface area (Å²) in [5, 5.41) is 9.56. The van der Waals surface area contributed by atoms with Crippen molar-refractivity contribution >= 4 is 32.4 Å². The number of hydrogen-bond donors (Lipinski definition) is 2. The van der Waals surface area contributed by atoms with E-state index in [9.17, 15) is 17.6 Å². The van der Waals surface area contributed by atoms with E-state index in [1.54, 1.807) is 13.0 Å². The van der Waals surface area contributed by atoms with Gasteiger partial charge in [0.2, 0.25) is 15.4 Å². The highest BCUT2D eigenvalue weighted by molar-refractivity contribution is 7.91. The van der Waals surface area contributed by atoms with E-state index in [0.717, 1.165) is 11.3 Å². The number of aromatic nitrogens is 2. The van der Waals surface area contributed by atoms with Gasteiger partial charge in [0.15, 0.2) is 0 Å². The second-order valence-electron chi connectivity index (χ2n) is 4.46. The standard InChI is InChI=1S/C12H13FN4O3S2/c1-7-5-9(3-4-10(7)13)6-14-22(19,20)12-17-16-11(21-12)15-8(2)18/h3-5,14H,6H2,1-2H3,(H,15,16,18). The van der Waals surface area contributed by atoms with E-state index in [4.69, 9.17) is 0 Å². The lowest BCUT2D eigenvalue weighted by atomic mass is 10.1. The van der Waals surface area contributed by atoms with E-state index in [1.165, 1.54) is 19.1 Å². The molecule has 1 amide bonds. The number of hydrogen-bond acceptors (Lipinski definition) is 6. The summed E-state index contributed by atoms with van der Waals surface area (Å²) >= 11 is 0.744. The zero-order valence-corrected chi connectivity index (χ0v) is 13.4. The molecule has 22 heavy (non-hydrogen) atoms. The highest BCUT2D eigenvalue weighted by Crippen LogP contribution is 2.20. The fourth-order valence-corrected chi connectivity index (χ4v) is 3.58. The topological polar surface area (TPSA) is 101 Å². The lowest BCUT2D eigenvalue weighted by Crippen LogP contribution is -2.23. The number of nitrogens with one attached hydrogen (secondary N) is 2. The Kier molecular flexibility index (Phi) is 4.84. The largest absolute Gasteiger partial charge is 0.301 e. The Hall–Kier alpha value is -1.91. The molecule has 0 aliphatic carbocycles. The van der Waals surface area contributed by atoms with Crippen molar-refractivity contribution in [3.05, 3.63) is 35.1 Å². The van der Waals surface area contributed by atoms with Gasteiger partial charge in [-0.3, -0.25) is 4.79 Å². The van der Waals surface area contributed by atoms with Crippen LogP contribution in [0.4, 0.5) is 9.52 Å². The molecule has 0 aliphatic heterocycles. The first-order chi connectivity index (χ1) is 10.3. The Labute approximate surface area is 130 Å². The molecular formula is C12H13FN4O3S2. The van der Waals surface area contributed by atoms with Gasteiger partial charge in [0.05, 0.1) is 0 Å². The summed E-state index contributed by atoms with van der Waals surface area (Å²) in [5.41, 5.74) is 1.05. The van der Waals surface area contributed by atoms with E-state index < -0.39 is 10.0 Å². The zero-order valence-electron chi connectivity index (χ0n) is 11.8. The number of carbonyl (C=O) groups is 1. The van der Waals surface area contributed by atoms with Crippen LogP contribution in [0, 0.1) is 12.7 Å². The highest BCUT2D eigenvalue weighted by atomic mass is 32.2. The molecule has 2 rings (SSSR count). The van der Waals surface area contributed by atoms with Crippen molar-refractivity contribution < 1.29 is 17.6 Å². The summed E-state index contributed by atoms with van der Waals surface area (Å²) in [6.07, 6.45) is 0. The second kappa shape index (κ2) is 6.46. The third-order valence-corrected chi connectivity index (χ3v) is 5.22. The predicted molar refractivity (Wildman–Crippen MR) is 79.4 cm³/mol. The van der Waals surface area contributed by atoms with Gasteiger partial charge in [-0.1, -0.05) is 23.5 Å². The number of nitrogens with zero attached hydrogens (tertiary/aromatic N) is 2. The van der Waals surface area contributed by atoms with Crippen molar-refractivity contribution in [1.29, 1.82) is 0 Å². The minimum absolute atomic E-state index is 0.00148. The second-order valence-corrected chi connectivity index (χ2v) is 7.38. The quantitative estimate of drug-likeness (QED) is 0.799. The maximum Gasteiger partial charge on any atom is 0.270 e. The van der Waals surface area contributed by atoms with E-state index in [0.29, 0.717) is 11.1 Å². The van der Waals surface area contributed by atoms with Gasteiger partial charge >= 0.3 is 0 Å². The van der Waals surface area contributed by atoms with Gasteiger partial charge < -0.3 is 5.32 Å². The third-order valence-electron chi connectivity index (χ3n) is 2.61. The summed E-state index contributed by atoms with van der Waals surface area (Å²) in [6, 6.07) is 4.33. The van der Waals surface area contributed by atoms with Gasteiger partial charge in [-0.15, -0.1) is 10.2 Å². The molecule has 2 N–H and O–H groups in total. The molecule has 0 atom stereocenters. The first kappa shape index (κ1) is 16.5. The smallest absolute Gasteiger partial charge is 0.270 e. The van der Waals surface area contributed by atoms with Crippen LogP contribution in [0.2, 0.25) is 0 Å². The summed E-state index contributed by atoms with van der Waals surface area (Å²) in [4.78, 5) is 10.9. The van der Waals surface area contributed by atoms with Crippen LogP contribution in [0.5, 0.6) is 0 Å². The Morgan fingerprint density at radius 2 is 2.09 bits per heavy atom. The van der Waals surface area contributed by atoms with Gasteiger partial charge in [0.25, 0.3) is 10.0 Å². The van der Waals surface area contributed by atoms with Crippen LogP contribution in [0.3, 0.4) is 0 Å². The number of benzene rings is 1. The van der Waals surface area contributed by atoms with E-state index in [-0.39, 0.29) is 27.7 Å². The van der Waals surface area contributed by atoms with Crippen molar-refractivity contribution in [1.82, 2.24) is 14.9 Å². The molecule has 7 nitrogen and oxygen atoms in total. The molecule has 2 aromatic rings. The van der Waals surface area contributed by atoms with Crippen LogP contribution in [0.25, 0.3) is 0 Å². The minimum atomic E-state index is -3.85. The molecule has 0 bridgehead atoms. The number of rotatable bonds is 5. The van der Waals surface area contributed by atoms with Crippen LogP contribution in [-0.2, 0) is 21.4 Å². The normalized spacial score (nSPS) is 11.4. The highest BCUT2D eigenvalue weighted by Gasteiger charge is 2.20. The SMILES string of the molecule is CC(=O)Nc1nnc(S(=O)(=O)NCc2ccc(F)c(C)c2)s1. The van der Waals surface area contributed by atoms with Crippen molar-refractivity contribution in [2.24, 2.45) is 0 Å². The first-order valence-corrected chi connectivity index (χ1v) is 8.43. The molecule has 0 spiro atoms. The number of sulfonamides is 1. The summed E-state index contributed by atoms with van der Waals surface area (Å²) in [5.74, 6) is -0.717. The molecule has 0 saturated heterocycles. The fourth-order valence-electron chi connectivity index (χ4n) is 1.58. The maximum atomic E-state index is 13.2. The van der Waals surface area contributed by atoms with Gasteiger partial charge in [0, 0.05) is 13.5 Å². The monoisotopic (exact) mass is 344 g/mol. The van der Waals surface area contributed by atoms with Gasteiger partial charge in [-0.25, -0.2) is 17.5 Å². The first-order valence-electron chi connectivity index (χ1n) is 6.14. The zero-order chi connectivity index (χ0) is 16.3. The van der Waals surface area contributed by atoms with Gasteiger partial charge in [-0.2, -0.15) is 0 Å². The van der Waals surface area contributed by atoms with Crippen LogP contribution in [-0.4, -0.2) is 24.5 Å². The Morgan fingerprint density at radius 3 is 2.73 bits per heavy atom. The van der Waals surface area contributed by atoms with Crippen molar-refractivity contribution in [2.75, 3.05) is 5.32 Å². The van der Waals surface area contributed by atoms with E-state index in [2.05, 4.69) is 20.2 Å². The minimum Gasteiger partial charge on any atom is -0.301 e. The molecule has 1 aromatic heterocycles. The van der Waals surface area contributed by atoms with E-state index in [1.807, 2.05) is 0 Å². The number of aryl methyl sites for hydroxylation is 1. The lowest BCUT2D eigenvalue weighted by molar-refractivity contribution is -0.114. The average molecular weight is 344 g/mol. The molecule has 118 valence electrons. The third kappa shape index (κ3) is 4.06. The molecule has 1 heterocycles. The summed E-state index contributed by atoms with van der Waals surface area (Å²) in [7, 11) is -3.85. The number of amides is 1. The van der Waals surface area contributed by atoms with Crippen LogP contribution >= 0.6 is 11.3 Å². The van der Waals surface area contributed by atoms with Gasteiger partial charge in [0.1, 0.15) is 5.82 Å². The van der Waals surface area contributed by atoms with Crippen molar-refractivity contribution in [2.45, 2.75) is 24.7 Å². The number of halogens is 1. The molecule has 0 radical (unpaired) electrons. The molecule has 0 saturated carbocycles. The van der Waals surface area contributed by atoms with Crippen molar-refractivity contribution in [3.8, 4) is 0 Å². The number of anilines is 1. The van der Waals surface area contributed by atoms with Crippen LogP contribution in [0.15, 0.2) is 22.5 Å². The molecule has 0 unspecified atom stereocenters. The number of carbonyl (C=O) groups excluding carboxylic acids is 1.